The molecule has 0 bridgehead atoms. The number of nitrogens with one attached hydrogen (secondary N) is 1. The third kappa shape index (κ3) is 3.97. The Kier molecular flexibility index (Phi) is 4.74. The van der Waals surface area contributed by atoms with E-state index in [9.17, 15) is 9.59 Å². The Balaban J connectivity index is 1.58. The van der Waals surface area contributed by atoms with Crippen LogP contribution in [0.15, 0.2) is 29.5 Å². The van der Waals surface area contributed by atoms with Crippen molar-refractivity contribution >= 4 is 5.91 Å². The van der Waals surface area contributed by atoms with Gasteiger partial charge in [0.2, 0.25) is 0 Å². The molecule has 0 unspecified atom stereocenters. The summed E-state index contributed by atoms with van der Waals surface area (Å²) in [6.45, 7) is 8.29. The molecule has 1 saturated heterocycles. The molecule has 1 amide bonds. The minimum atomic E-state index is -0.0600. The highest BCUT2D eigenvalue weighted by atomic mass is 16.2. The number of hydrogen-bond donors (Lipinski definition) is 1. The van der Waals surface area contributed by atoms with Crippen molar-refractivity contribution in [2.75, 3.05) is 13.1 Å². The van der Waals surface area contributed by atoms with Crippen molar-refractivity contribution in [3.05, 3.63) is 46.4 Å². The zero-order chi connectivity index (χ0) is 18.0. The zero-order valence-electron chi connectivity index (χ0n) is 15.0. The number of aromatic amines is 1. The van der Waals surface area contributed by atoms with Gasteiger partial charge in [0.1, 0.15) is 5.69 Å². The van der Waals surface area contributed by atoms with Crippen LogP contribution in [0.3, 0.4) is 0 Å². The molecule has 0 aromatic carbocycles. The Labute approximate surface area is 147 Å². The first kappa shape index (κ1) is 17.4. The van der Waals surface area contributed by atoms with Gasteiger partial charge in [-0.2, -0.15) is 5.10 Å². The Morgan fingerprint density at radius 2 is 2.04 bits per heavy atom. The molecule has 1 aliphatic heterocycles. The maximum absolute atomic E-state index is 12.6. The molecule has 1 aliphatic rings. The number of rotatable bonds is 3. The van der Waals surface area contributed by atoms with Crippen molar-refractivity contribution in [1.29, 1.82) is 0 Å². The van der Waals surface area contributed by atoms with Crippen LogP contribution in [0.25, 0.3) is 0 Å². The average molecular weight is 343 g/mol. The van der Waals surface area contributed by atoms with E-state index >= 15 is 0 Å². The van der Waals surface area contributed by atoms with E-state index in [0.717, 1.165) is 18.5 Å². The molecule has 3 rings (SSSR count). The molecule has 25 heavy (non-hydrogen) atoms. The monoisotopic (exact) mass is 343 g/mol. The molecule has 0 atom stereocenters. The van der Waals surface area contributed by atoms with Crippen molar-refractivity contribution in [3.8, 4) is 0 Å². The van der Waals surface area contributed by atoms with E-state index in [4.69, 9.17) is 0 Å². The second-order valence-electron chi connectivity index (χ2n) is 7.72. The Morgan fingerprint density at radius 3 is 2.64 bits per heavy atom. The first-order valence-corrected chi connectivity index (χ1v) is 8.70. The van der Waals surface area contributed by atoms with Crippen molar-refractivity contribution < 1.29 is 4.79 Å². The van der Waals surface area contributed by atoms with Gasteiger partial charge in [-0.25, -0.2) is 4.98 Å². The first-order valence-electron chi connectivity index (χ1n) is 8.70. The predicted octanol–water partition coefficient (Wildman–Crippen LogP) is 1.82. The van der Waals surface area contributed by atoms with Crippen molar-refractivity contribution in [1.82, 2.24) is 24.6 Å². The number of H-pyrrole nitrogens is 1. The fourth-order valence-corrected chi connectivity index (χ4v) is 3.09. The standard InChI is InChI=1S/C18H25N5O2/c1-18(2,3)15-10-14(20-21-15)17(25)22-8-5-13(6-9-22)11-23-12-19-7-4-16(23)24/h4,7,10,12-13H,5-6,8-9,11H2,1-3H3,(H,20,21). The number of hydrogen-bond acceptors (Lipinski definition) is 4. The average Bonchev–Trinajstić information content (AvgIpc) is 3.07. The van der Waals surface area contributed by atoms with E-state index in [1.165, 1.54) is 12.3 Å². The lowest BCUT2D eigenvalue weighted by Gasteiger charge is -2.31. The van der Waals surface area contributed by atoms with Gasteiger partial charge in [0.15, 0.2) is 0 Å². The number of piperidine rings is 1. The number of aromatic nitrogens is 4. The van der Waals surface area contributed by atoms with Crippen LogP contribution in [-0.4, -0.2) is 43.6 Å². The van der Waals surface area contributed by atoms with Crippen molar-refractivity contribution in [3.63, 3.8) is 0 Å². The van der Waals surface area contributed by atoms with Gasteiger partial charge < -0.3 is 4.90 Å². The smallest absolute Gasteiger partial charge is 0.274 e. The van der Waals surface area contributed by atoms with Gasteiger partial charge in [-0.1, -0.05) is 20.8 Å². The highest BCUT2D eigenvalue weighted by molar-refractivity contribution is 5.92. The first-order chi connectivity index (χ1) is 11.8. The molecule has 0 aliphatic carbocycles. The quantitative estimate of drug-likeness (QED) is 0.921. The summed E-state index contributed by atoms with van der Waals surface area (Å²) in [6, 6.07) is 3.33. The lowest BCUT2D eigenvalue weighted by atomic mass is 9.92. The maximum Gasteiger partial charge on any atom is 0.274 e. The molecule has 3 heterocycles. The number of amides is 1. The highest BCUT2D eigenvalue weighted by Gasteiger charge is 2.26. The fourth-order valence-electron chi connectivity index (χ4n) is 3.09. The molecular weight excluding hydrogens is 318 g/mol. The van der Waals surface area contributed by atoms with E-state index in [1.807, 2.05) is 11.0 Å². The lowest BCUT2D eigenvalue weighted by molar-refractivity contribution is 0.0676. The highest BCUT2D eigenvalue weighted by Crippen LogP contribution is 2.23. The van der Waals surface area contributed by atoms with Crippen LogP contribution in [0.1, 0.15) is 49.8 Å². The predicted molar refractivity (Wildman–Crippen MR) is 94.4 cm³/mol. The summed E-state index contributed by atoms with van der Waals surface area (Å²) in [6.07, 6.45) is 4.85. The minimum absolute atomic E-state index is 0.0243. The normalized spacial score (nSPS) is 16.2. The number of carbonyl (C=O) groups is 1. The third-order valence-corrected chi connectivity index (χ3v) is 4.75. The van der Waals surface area contributed by atoms with E-state index in [-0.39, 0.29) is 16.9 Å². The summed E-state index contributed by atoms with van der Waals surface area (Å²) < 4.78 is 1.64. The summed E-state index contributed by atoms with van der Waals surface area (Å²) in [4.78, 5) is 30.3. The number of carbonyl (C=O) groups excluding carboxylic acids is 1. The van der Waals surface area contributed by atoms with Gasteiger partial charge in [0.05, 0.1) is 6.33 Å². The van der Waals surface area contributed by atoms with E-state index in [2.05, 4.69) is 36.0 Å². The molecule has 0 radical (unpaired) electrons. The SMILES string of the molecule is CC(C)(C)c1cc(C(=O)N2CCC(Cn3cnccc3=O)CC2)n[nH]1. The van der Waals surface area contributed by atoms with Crippen LogP contribution in [0.4, 0.5) is 0 Å². The topological polar surface area (TPSA) is 83.9 Å². The van der Waals surface area contributed by atoms with Crippen molar-refractivity contribution in [2.45, 2.75) is 45.6 Å². The molecule has 134 valence electrons. The summed E-state index contributed by atoms with van der Waals surface area (Å²) in [5.41, 5.74) is 1.35. The molecular formula is C18H25N5O2. The molecule has 2 aromatic rings. The fraction of sp³-hybridized carbons (Fsp3) is 0.556. The number of nitrogens with zero attached hydrogens (tertiary/aromatic N) is 4. The molecule has 7 heteroatoms. The maximum atomic E-state index is 12.6. The second kappa shape index (κ2) is 6.82. The van der Waals surface area contributed by atoms with Gasteiger partial charge in [-0.05, 0) is 24.8 Å². The van der Waals surface area contributed by atoms with E-state index in [0.29, 0.717) is 31.2 Å². The Morgan fingerprint density at radius 1 is 1.32 bits per heavy atom. The molecule has 2 aromatic heterocycles. The van der Waals surface area contributed by atoms with E-state index < -0.39 is 0 Å². The van der Waals surface area contributed by atoms with Crippen LogP contribution in [-0.2, 0) is 12.0 Å². The molecule has 0 saturated carbocycles. The van der Waals surface area contributed by atoms with Crippen LogP contribution in [0.2, 0.25) is 0 Å². The summed E-state index contributed by atoms with van der Waals surface area (Å²) in [5.74, 6) is 0.360. The summed E-state index contributed by atoms with van der Waals surface area (Å²) in [7, 11) is 0. The van der Waals surface area contributed by atoms with Gasteiger partial charge in [0.25, 0.3) is 11.5 Å². The van der Waals surface area contributed by atoms with Crippen molar-refractivity contribution in [2.24, 2.45) is 5.92 Å². The summed E-state index contributed by atoms with van der Waals surface area (Å²) in [5, 5.41) is 7.16. The molecule has 0 spiro atoms. The van der Waals surface area contributed by atoms with E-state index in [1.54, 1.807) is 10.9 Å². The van der Waals surface area contributed by atoms with Gasteiger partial charge in [0, 0.05) is 43.0 Å². The van der Waals surface area contributed by atoms with Gasteiger partial charge in [-0.15, -0.1) is 0 Å². The van der Waals surface area contributed by atoms with Gasteiger partial charge >= 0.3 is 0 Å². The van der Waals surface area contributed by atoms with Gasteiger partial charge in [-0.3, -0.25) is 19.3 Å². The lowest BCUT2D eigenvalue weighted by Crippen LogP contribution is -2.40. The minimum Gasteiger partial charge on any atom is -0.337 e. The van der Waals surface area contributed by atoms with Crippen LogP contribution < -0.4 is 5.56 Å². The zero-order valence-corrected chi connectivity index (χ0v) is 15.0. The Bertz CT molecular complexity index is 794. The second-order valence-corrected chi connectivity index (χ2v) is 7.72. The third-order valence-electron chi connectivity index (χ3n) is 4.75. The van der Waals surface area contributed by atoms with Crippen LogP contribution >= 0.6 is 0 Å². The molecule has 7 nitrogen and oxygen atoms in total. The number of likely N-dealkylation sites (tertiary alicyclic amines) is 1. The molecule has 1 N–H and O–H groups in total. The molecule has 1 fully saturated rings. The van der Waals surface area contributed by atoms with Crippen LogP contribution in [0.5, 0.6) is 0 Å². The largest absolute Gasteiger partial charge is 0.337 e. The van der Waals surface area contributed by atoms with Crippen LogP contribution in [0, 0.1) is 5.92 Å². The Hall–Kier alpha value is -2.44. The summed E-state index contributed by atoms with van der Waals surface area (Å²) >= 11 is 0.